The van der Waals surface area contributed by atoms with E-state index in [1.54, 1.807) is 0 Å². The van der Waals surface area contributed by atoms with Gasteiger partial charge in [-0.2, -0.15) is 0 Å². The van der Waals surface area contributed by atoms with Gasteiger partial charge in [-0.05, 0) is 37.1 Å². The molecule has 1 N–H and O–H groups in total. The van der Waals surface area contributed by atoms with E-state index in [9.17, 15) is 14.0 Å². The van der Waals surface area contributed by atoms with E-state index in [1.807, 2.05) is 11.9 Å². The maximum absolute atomic E-state index is 12.8. The van der Waals surface area contributed by atoms with E-state index in [4.69, 9.17) is 0 Å². The molecule has 0 spiro atoms. The zero-order valence-electron chi connectivity index (χ0n) is 14.4. The minimum atomic E-state index is -0.373. The highest BCUT2D eigenvalue weighted by Gasteiger charge is 2.20. The van der Waals surface area contributed by atoms with Crippen LogP contribution in [0.25, 0.3) is 0 Å². The quantitative estimate of drug-likeness (QED) is 0.896. The van der Waals surface area contributed by atoms with Crippen molar-refractivity contribution in [1.82, 2.24) is 10.2 Å². The molecule has 132 valence electrons. The van der Waals surface area contributed by atoms with Crippen LogP contribution < -0.4 is 5.32 Å². The predicted molar refractivity (Wildman–Crippen MR) is 92.2 cm³/mol. The fraction of sp³-hybridized carbons (Fsp3) is 0.579. The van der Waals surface area contributed by atoms with Crippen LogP contribution in [0.2, 0.25) is 0 Å². The zero-order chi connectivity index (χ0) is 17.4. The highest BCUT2D eigenvalue weighted by Crippen LogP contribution is 2.21. The largest absolute Gasteiger partial charge is 0.352 e. The van der Waals surface area contributed by atoms with Gasteiger partial charge in [-0.1, -0.05) is 32.1 Å². The van der Waals surface area contributed by atoms with Crippen LogP contribution in [-0.2, 0) is 4.79 Å². The summed E-state index contributed by atoms with van der Waals surface area (Å²) in [6, 6.07) is 5.70. The van der Waals surface area contributed by atoms with Crippen LogP contribution in [0.15, 0.2) is 24.3 Å². The third-order valence-corrected chi connectivity index (χ3v) is 4.75. The first-order chi connectivity index (χ1) is 11.6. The van der Waals surface area contributed by atoms with Crippen LogP contribution in [0.3, 0.4) is 0 Å². The Morgan fingerprint density at radius 2 is 1.67 bits per heavy atom. The Balaban J connectivity index is 1.75. The molecule has 1 aliphatic rings. The number of halogens is 1. The molecule has 0 heterocycles. The highest BCUT2D eigenvalue weighted by atomic mass is 19.1. The molecular formula is C19H27FN2O2. The summed E-state index contributed by atoms with van der Waals surface area (Å²) in [7, 11) is 1.87. The highest BCUT2D eigenvalue weighted by molar-refractivity contribution is 5.94. The van der Waals surface area contributed by atoms with E-state index in [-0.39, 0.29) is 17.6 Å². The number of rotatable bonds is 5. The van der Waals surface area contributed by atoms with Crippen molar-refractivity contribution in [3.05, 3.63) is 35.6 Å². The van der Waals surface area contributed by atoms with Gasteiger partial charge in [0.25, 0.3) is 5.91 Å². The molecule has 0 unspecified atom stereocenters. The molecule has 5 heteroatoms. The minimum absolute atomic E-state index is 0.0694. The SMILES string of the molecule is CN(C(=O)CCNC(=O)c1ccc(F)cc1)C1CCCCCCC1. The maximum atomic E-state index is 12.8. The Kier molecular flexibility index (Phi) is 7.22. The summed E-state index contributed by atoms with van der Waals surface area (Å²) in [6.07, 6.45) is 8.62. The summed E-state index contributed by atoms with van der Waals surface area (Å²) in [5.41, 5.74) is 0.400. The van der Waals surface area contributed by atoms with Crippen molar-refractivity contribution in [2.24, 2.45) is 0 Å². The van der Waals surface area contributed by atoms with Crippen LogP contribution in [-0.4, -0.2) is 36.3 Å². The lowest BCUT2D eigenvalue weighted by Gasteiger charge is -2.30. The number of amides is 2. The van der Waals surface area contributed by atoms with Crippen molar-refractivity contribution in [1.29, 1.82) is 0 Å². The third kappa shape index (κ3) is 5.62. The summed E-state index contributed by atoms with van der Waals surface area (Å²) >= 11 is 0. The Labute approximate surface area is 143 Å². The first-order valence-corrected chi connectivity index (χ1v) is 8.87. The molecule has 1 saturated carbocycles. The zero-order valence-corrected chi connectivity index (χ0v) is 14.4. The number of nitrogens with one attached hydrogen (secondary N) is 1. The van der Waals surface area contributed by atoms with Crippen LogP contribution >= 0.6 is 0 Å². The van der Waals surface area contributed by atoms with E-state index in [0.717, 1.165) is 12.8 Å². The molecule has 4 nitrogen and oxygen atoms in total. The molecule has 0 radical (unpaired) electrons. The monoisotopic (exact) mass is 334 g/mol. The van der Waals surface area contributed by atoms with Gasteiger partial charge in [0.05, 0.1) is 0 Å². The number of hydrogen-bond acceptors (Lipinski definition) is 2. The second-order valence-corrected chi connectivity index (χ2v) is 6.52. The van der Waals surface area contributed by atoms with E-state index in [1.165, 1.54) is 56.4 Å². The smallest absolute Gasteiger partial charge is 0.251 e. The predicted octanol–water partition coefficient (Wildman–Crippen LogP) is 3.52. The second-order valence-electron chi connectivity index (χ2n) is 6.52. The van der Waals surface area contributed by atoms with Gasteiger partial charge in [-0.25, -0.2) is 4.39 Å². The molecule has 1 aromatic carbocycles. The van der Waals surface area contributed by atoms with Crippen molar-refractivity contribution < 1.29 is 14.0 Å². The number of hydrogen-bond donors (Lipinski definition) is 1. The van der Waals surface area contributed by atoms with Crippen molar-refractivity contribution in [3.63, 3.8) is 0 Å². The third-order valence-electron chi connectivity index (χ3n) is 4.75. The summed E-state index contributed by atoms with van der Waals surface area (Å²) in [4.78, 5) is 26.1. The Bertz CT molecular complexity index is 537. The van der Waals surface area contributed by atoms with E-state index < -0.39 is 0 Å². The Morgan fingerprint density at radius 1 is 1.08 bits per heavy atom. The molecule has 2 amide bonds. The fourth-order valence-electron chi connectivity index (χ4n) is 3.19. The summed E-state index contributed by atoms with van der Waals surface area (Å²) in [6.45, 7) is 0.298. The molecule has 1 aromatic rings. The van der Waals surface area contributed by atoms with Crippen molar-refractivity contribution in [3.8, 4) is 0 Å². The van der Waals surface area contributed by atoms with Gasteiger partial charge in [0.1, 0.15) is 5.82 Å². The molecular weight excluding hydrogens is 307 g/mol. The number of carbonyl (C=O) groups excluding carboxylic acids is 2. The van der Waals surface area contributed by atoms with Crippen LogP contribution in [0, 0.1) is 5.82 Å². The van der Waals surface area contributed by atoms with Gasteiger partial charge in [-0.3, -0.25) is 9.59 Å². The van der Waals surface area contributed by atoms with Gasteiger partial charge >= 0.3 is 0 Å². The van der Waals surface area contributed by atoms with Crippen molar-refractivity contribution in [2.45, 2.75) is 57.4 Å². The average molecular weight is 334 g/mol. The van der Waals surface area contributed by atoms with Gasteiger partial charge in [-0.15, -0.1) is 0 Å². The summed E-state index contributed by atoms with van der Waals surface area (Å²) in [5.74, 6) is -0.584. The molecule has 0 bridgehead atoms. The second kappa shape index (κ2) is 9.40. The molecule has 0 aliphatic heterocycles. The summed E-state index contributed by atoms with van der Waals surface area (Å²) in [5, 5.41) is 2.72. The molecule has 0 atom stereocenters. The average Bonchev–Trinajstić information content (AvgIpc) is 2.54. The van der Waals surface area contributed by atoms with Gasteiger partial charge in [0.15, 0.2) is 0 Å². The molecule has 0 saturated heterocycles. The molecule has 1 fully saturated rings. The number of benzene rings is 1. The number of carbonyl (C=O) groups is 2. The van der Waals surface area contributed by atoms with E-state index in [2.05, 4.69) is 5.32 Å². The van der Waals surface area contributed by atoms with Crippen LogP contribution in [0.5, 0.6) is 0 Å². The fourth-order valence-corrected chi connectivity index (χ4v) is 3.19. The summed E-state index contributed by atoms with van der Waals surface area (Å²) < 4.78 is 12.8. The lowest BCUT2D eigenvalue weighted by atomic mass is 9.95. The Hall–Kier alpha value is -1.91. The molecule has 24 heavy (non-hydrogen) atoms. The van der Waals surface area contributed by atoms with Gasteiger partial charge in [0, 0.05) is 31.6 Å². The molecule has 0 aromatic heterocycles. The van der Waals surface area contributed by atoms with Crippen LogP contribution in [0.1, 0.15) is 61.7 Å². The first kappa shape index (κ1) is 18.4. The molecule has 2 rings (SSSR count). The Morgan fingerprint density at radius 3 is 2.29 bits per heavy atom. The molecule has 1 aliphatic carbocycles. The van der Waals surface area contributed by atoms with E-state index >= 15 is 0 Å². The lowest BCUT2D eigenvalue weighted by Crippen LogP contribution is -2.39. The van der Waals surface area contributed by atoms with Crippen molar-refractivity contribution >= 4 is 11.8 Å². The van der Waals surface area contributed by atoms with Crippen LogP contribution in [0.4, 0.5) is 4.39 Å². The number of nitrogens with zero attached hydrogens (tertiary/aromatic N) is 1. The van der Waals surface area contributed by atoms with Gasteiger partial charge < -0.3 is 10.2 Å². The first-order valence-electron chi connectivity index (χ1n) is 8.87. The normalized spacial score (nSPS) is 16.1. The minimum Gasteiger partial charge on any atom is -0.352 e. The standard InChI is InChI=1S/C19H27FN2O2/c1-22(17-7-5-3-2-4-6-8-17)18(23)13-14-21-19(24)15-9-11-16(20)12-10-15/h9-12,17H,2-8,13-14H2,1H3,(H,21,24). The lowest BCUT2D eigenvalue weighted by molar-refractivity contribution is -0.132. The van der Waals surface area contributed by atoms with Gasteiger partial charge in [0.2, 0.25) is 5.91 Å². The maximum Gasteiger partial charge on any atom is 0.251 e. The van der Waals surface area contributed by atoms with E-state index in [0.29, 0.717) is 24.6 Å². The topological polar surface area (TPSA) is 49.4 Å². The van der Waals surface area contributed by atoms with Crippen molar-refractivity contribution in [2.75, 3.05) is 13.6 Å².